The molecule has 2 aromatic carbocycles. The predicted molar refractivity (Wildman–Crippen MR) is 109 cm³/mol. The van der Waals surface area contributed by atoms with Crippen molar-refractivity contribution in [3.63, 3.8) is 0 Å². The molecule has 1 fully saturated rings. The standard InChI is InChI=1S/C23H26F2N2O3/c1-16(14-19-20(24)8-5-9-21(19)25)26-23(29)17-10-12-27(13-11-17)22(28)15-30-18-6-3-2-4-7-18/h2-9,16-17H,10-15H2,1H3,(H,26,29). The fraction of sp³-hybridized carbons (Fsp3) is 0.391. The van der Waals surface area contributed by atoms with Crippen LogP contribution in [-0.4, -0.2) is 42.5 Å². The van der Waals surface area contributed by atoms with Gasteiger partial charge >= 0.3 is 0 Å². The highest BCUT2D eigenvalue weighted by Gasteiger charge is 2.28. The summed E-state index contributed by atoms with van der Waals surface area (Å²) in [5.74, 6) is -1.06. The van der Waals surface area contributed by atoms with Crippen molar-refractivity contribution in [1.82, 2.24) is 10.2 Å². The Labute approximate surface area is 175 Å². The van der Waals surface area contributed by atoms with E-state index in [4.69, 9.17) is 4.74 Å². The van der Waals surface area contributed by atoms with E-state index in [1.807, 2.05) is 18.2 Å². The predicted octanol–water partition coefficient (Wildman–Crippen LogP) is 3.33. The van der Waals surface area contributed by atoms with Gasteiger partial charge in [-0.1, -0.05) is 24.3 Å². The Hall–Kier alpha value is -2.96. The van der Waals surface area contributed by atoms with Crippen LogP contribution in [0.1, 0.15) is 25.3 Å². The van der Waals surface area contributed by atoms with E-state index in [1.165, 1.54) is 18.2 Å². The highest BCUT2D eigenvalue weighted by atomic mass is 19.1. The summed E-state index contributed by atoms with van der Waals surface area (Å²) >= 11 is 0. The van der Waals surface area contributed by atoms with Gasteiger partial charge in [-0.3, -0.25) is 9.59 Å². The molecule has 0 aromatic heterocycles. The molecular weight excluding hydrogens is 390 g/mol. The molecule has 0 radical (unpaired) electrons. The number of carbonyl (C=O) groups is 2. The quantitative estimate of drug-likeness (QED) is 0.753. The summed E-state index contributed by atoms with van der Waals surface area (Å²) in [6.07, 6.45) is 1.17. The molecule has 0 bridgehead atoms. The van der Waals surface area contributed by atoms with E-state index < -0.39 is 17.7 Å². The summed E-state index contributed by atoms with van der Waals surface area (Å²) in [6, 6.07) is 12.5. The molecule has 160 valence electrons. The van der Waals surface area contributed by atoms with E-state index >= 15 is 0 Å². The van der Waals surface area contributed by atoms with E-state index in [0.717, 1.165) is 0 Å². The topological polar surface area (TPSA) is 58.6 Å². The van der Waals surface area contributed by atoms with Crippen molar-refractivity contribution in [2.24, 2.45) is 5.92 Å². The van der Waals surface area contributed by atoms with Crippen LogP contribution in [0.15, 0.2) is 48.5 Å². The van der Waals surface area contributed by atoms with Crippen LogP contribution in [-0.2, 0) is 16.0 Å². The minimum Gasteiger partial charge on any atom is -0.484 e. The second-order valence-corrected chi connectivity index (χ2v) is 7.57. The van der Waals surface area contributed by atoms with Crippen LogP contribution >= 0.6 is 0 Å². The zero-order chi connectivity index (χ0) is 21.5. The molecule has 1 saturated heterocycles. The van der Waals surface area contributed by atoms with Crippen molar-refractivity contribution in [2.75, 3.05) is 19.7 Å². The molecule has 5 nitrogen and oxygen atoms in total. The van der Waals surface area contributed by atoms with Gasteiger partial charge in [0.15, 0.2) is 6.61 Å². The molecule has 1 heterocycles. The molecule has 1 atom stereocenters. The lowest BCUT2D eigenvalue weighted by atomic mass is 9.95. The number of carbonyl (C=O) groups excluding carboxylic acids is 2. The lowest BCUT2D eigenvalue weighted by molar-refractivity contribution is -0.137. The number of piperidine rings is 1. The average Bonchev–Trinajstić information content (AvgIpc) is 2.75. The average molecular weight is 416 g/mol. The van der Waals surface area contributed by atoms with E-state index in [2.05, 4.69) is 5.32 Å². The minimum atomic E-state index is -0.611. The Morgan fingerprint density at radius 1 is 1.07 bits per heavy atom. The van der Waals surface area contributed by atoms with Gasteiger partial charge in [0, 0.05) is 30.6 Å². The Kier molecular flexibility index (Phi) is 7.38. The summed E-state index contributed by atoms with van der Waals surface area (Å²) in [5, 5.41) is 2.84. The summed E-state index contributed by atoms with van der Waals surface area (Å²) in [5.41, 5.74) is -0.0240. The third-order valence-electron chi connectivity index (χ3n) is 5.28. The largest absolute Gasteiger partial charge is 0.484 e. The molecule has 1 unspecified atom stereocenters. The first-order chi connectivity index (χ1) is 14.4. The minimum absolute atomic E-state index is 0.0240. The van der Waals surface area contributed by atoms with E-state index in [9.17, 15) is 18.4 Å². The monoisotopic (exact) mass is 416 g/mol. The fourth-order valence-corrected chi connectivity index (χ4v) is 3.59. The molecule has 30 heavy (non-hydrogen) atoms. The van der Waals surface area contributed by atoms with Gasteiger partial charge < -0.3 is 15.0 Å². The second kappa shape index (κ2) is 10.2. The van der Waals surface area contributed by atoms with Crippen LogP contribution in [0.25, 0.3) is 0 Å². The summed E-state index contributed by atoms with van der Waals surface area (Å²) in [6.45, 7) is 2.65. The smallest absolute Gasteiger partial charge is 0.260 e. The van der Waals surface area contributed by atoms with Crippen molar-refractivity contribution < 1.29 is 23.1 Å². The lowest BCUT2D eigenvalue weighted by Crippen LogP contribution is -2.46. The van der Waals surface area contributed by atoms with E-state index in [0.29, 0.717) is 31.7 Å². The van der Waals surface area contributed by atoms with Gasteiger partial charge in [0.25, 0.3) is 5.91 Å². The Morgan fingerprint density at radius 2 is 1.70 bits per heavy atom. The maximum atomic E-state index is 13.8. The zero-order valence-corrected chi connectivity index (χ0v) is 16.9. The molecule has 7 heteroatoms. The molecule has 2 amide bonds. The number of hydrogen-bond donors (Lipinski definition) is 1. The highest BCUT2D eigenvalue weighted by Crippen LogP contribution is 2.19. The Bertz CT molecular complexity index is 848. The maximum Gasteiger partial charge on any atom is 0.260 e. The van der Waals surface area contributed by atoms with Crippen LogP contribution in [0.2, 0.25) is 0 Å². The van der Waals surface area contributed by atoms with Crippen molar-refractivity contribution in [3.8, 4) is 5.75 Å². The third-order valence-corrected chi connectivity index (χ3v) is 5.28. The number of likely N-dealkylation sites (tertiary alicyclic amines) is 1. The number of hydrogen-bond acceptors (Lipinski definition) is 3. The molecule has 0 saturated carbocycles. The molecule has 1 N–H and O–H groups in total. The summed E-state index contributed by atoms with van der Waals surface area (Å²) in [7, 11) is 0. The van der Waals surface area contributed by atoms with E-state index in [-0.39, 0.29) is 36.3 Å². The molecule has 3 rings (SSSR count). The number of nitrogens with zero attached hydrogens (tertiary/aromatic N) is 1. The molecule has 0 spiro atoms. The second-order valence-electron chi connectivity index (χ2n) is 7.57. The van der Waals surface area contributed by atoms with Gasteiger partial charge in [0.1, 0.15) is 17.4 Å². The summed E-state index contributed by atoms with van der Waals surface area (Å²) in [4.78, 5) is 26.6. The van der Waals surface area contributed by atoms with Gasteiger partial charge in [-0.05, 0) is 50.5 Å². The van der Waals surface area contributed by atoms with Crippen LogP contribution in [0.4, 0.5) is 8.78 Å². The molecule has 0 aliphatic carbocycles. The molecule has 2 aromatic rings. The molecule has 1 aliphatic heterocycles. The van der Waals surface area contributed by atoms with Crippen LogP contribution < -0.4 is 10.1 Å². The van der Waals surface area contributed by atoms with E-state index in [1.54, 1.807) is 24.0 Å². The summed E-state index contributed by atoms with van der Waals surface area (Å²) < 4.78 is 33.1. The normalized spacial score (nSPS) is 15.5. The van der Waals surface area contributed by atoms with Crippen molar-refractivity contribution >= 4 is 11.8 Å². The molecule has 1 aliphatic rings. The highest BCUT2D eigenvalue weighted by molar-refractivity contribution is 5.80. The number of halogens is 2. The number of nitrogens with one attached hydrogen (secondary N) is 1. The fourth-order valence-electron chi connectivity index (χ4n) is 3.59. The van der Waals surface area contributed by atoms with Crippen molar-refractivity contribution in [2.45, 2.75) is 32.2 Å². The number of rotatable bonds is 7. The molecular formula is C23H26F2N2O3. The van der Waals surface area contributed by atoms with Gasteiger partial charge in [0.2, 0.25) is 5.91 Å². The third kappa shape index (κ3) is 5.78. The van der Waals surface area contributed by atoms with Gasteiger partial charge in [0.05, 0.1) is 0 Å². The number of benzene rings is 2. The Balaban J connectivity index is 1.43. The first kappa shape index (κ1) is 21.7. The first-order valence-corrected chi connectivity index (χ1v) is 10.1. The number of amides is 2. The zero-order valence-electron chi connectivity index (χ0n) is 16.9. The lowest BCUT2D eigenvalue weighted by Gasteiger charge is -2.32. The van der Waals surface area contributed by atoms with Gasteiger partial charge in [-0.2, -0.15) is 0 Å². The SMILES string of the molecule is CC(Cc1c(F)cccc1F)NC(=O)C1CCN(C(=O)COc2ccccc2)CC1. The van der Waals surface area contributed by atoms with Crippen molar-refractivity contribution in [3.05, 3.63) is 65.7 Å². The first-order valence-electron chi connectivity index (χ1n) is 10.1. The van der Waals surface area contributed by atoms with Crippen LogP contribution in [0, 0.1) is 17.6 Å². The number of para-hydroxylation sites is 1. The van der Waals surface area contributed by atoms with Crippen molar-refractivity contribution in [1.29, 1.82) is 0 Å². The van der Waals surface area contributed by atoms with Crippen LogP contribution in [0.3, 0.4) is 0 Å². The van der Waals surface area contributed by atoms with Gasteiger partial charge in [-0.25, -0.2) is 8.78 Å². The maximum absolute atomic E-state index is 13.8. The Morgan fingerprint density at radius 3 is 2.33 bits per heavy atom. The number of ether oxygens (including phenoxy) is 1. The van der Waals surface area contributed by atoms with Crippen LogP contribution in [0.5, 0.6) is 5.75 Å². The van der Waals surface area contributed by atoms with Gasteiger partial charge in [-0.15, -0.1) is 0 Å².